The molecular weight excluding hydrogens is 703 g/mol. The normalized spacial score (nSPS) is 14.7. The number of halogens is 2. The minimum atomic E-state index is -0.470. The molecule has 0 atom stereocenters. The van der Waals surface area contributed by atoms with E-state index in [1.807, 2.05) is 18.2 Å². The molecule has 2 aliphatic rings. The number of benzene rings is 11. The average molecular weight is 730 g/mol. The Kier molecular flexibility index (Phi) is 5.51. The SMILES string of the molecule is O=C(Cl)C1=CCc2c(c3c4ccccc4c4c5c(c6c7ccccc7c7c8ccccc8c8c9cc(C(=O)Cl)ccc9c2c2c3c4c6c7c82)CC=CC5)C1. The van der Waals surface area contributed by atoms with Crippen molar-refractivity contribution in [3.63, 3.8) is 0 Å². The first-order chi connectivity index (χ1) is 26.5. The van der Waals surface area contributed by atoms with Crippen LogP contribution >= 0.6 is 23.2 Å². The minimum absolute atomic E-state index is 0.395. The molecule has 13 rings (SSSR count). The van der Waals surface area contributed by atoms with Gasteiger partial charge in [-0.15, -0.1) is 0 Å². The highest BCUT2D eigenvalue weighted by molar-refractivity contribution is 6.68. The van der Waals surface area contributed by atoms with Crippen LogP contribution in [0.3, 0.4) is 0 Å². The van der Waals surface area contributed by atoms with Gasteiger partial charge >= 0.3 is 0 Å². The van der Waals surface area contributed by atoms with Crippen molar-refractivity contribution in [2.24, 2.45) is 0 Å². The second kappa shape index (κ2) is 10.0. The van der Waals surface area contributed by atoms with Gasteiger partial charge in [-0.3, -0.25) is 9.59 Å². The highest BCUT2D eigenvalue weighted by atomic mass is 35.5. The van der Waals surface area contributed by atoms with Gasteiger partial charge in [-0.2, -0.15) is 0 Å². The van der Waals surface area contributed by atoms with Crippen molar-refractivity contribution in [1.82, 2.24) is 0 Å². The van der Waals surface area contributed by atoms with Gasteiger partial charge in [-0.05, 0) is 185 Å². The summed E-state index contributed by atoms with van der Waals surface area (Å²) >= 11 is 12.6. The standard InChI is InChI=1S/C50H26Cl2O2/c51-49(53)23-17-19-33-35(21-23)41-31-15-7-5-13-29(31)38-27-11-3-1-9-25(27)37-26-10-2-4-12-28(26)39-30-14-6-8-16-32(30)42-36-22-24(50(52)54)18-20-34(36)40(33)46-47(41)44(38)43(37)45(39)48(42)46/h1-9,11,13-19,21H,10,12,20,22H2. The Bertz CT molecular complexity index is 3660. The van der Waals surface area contributed by atoms with E-state index in [0.29, 0.717) is 24.0 Å². The van der Waals surface area contributed by atoms with Crippen LogP contribution in [0.2, 0.25) is 0 Å². The molecule has 0 aliphatic heterocycles. The fraction of sp³-hybridized carbons (Fsp3) is 0.0800. The second-order valence-corrected chi connectivity index (χ2v) is 16.0. The van der Waals surface area contributed by atoms with Crippen LogP contribution in [0, 0.1) is 0 Å². The van der Waals surface area contributed by atoms with E-state index in [0.717, 1.165) is 34.4 Å². The summed E-state index contributed by atoms with van der Waals surface area (Å²) in [5, 5.41) is 23.9. The molecule has 0 spiro atoms. The van der Waals surface area contributed by atoms with E-state index in [2.05, 4.69) is 91.0 Å². The lowest BCUT2D eigenvalue weighted by atomic mass is 9.71. The molecule has 2 aliphatic carbocycles. The zero-order valence-electron chi connectivity index (χ0n) is 28.8. The van der Waals surface area contributed by atoms with E-state index in [1.54, 1.807) is 0 Å². The molecule has 11 aromatic carbocycles. The van der Waals surface area contributed by atoms with E-state index in [9.17, 15) is 9.59 Å². The first-order valence-electron chi connectivity index (χ1n) is 18.6. The quantitative estimate of drug-likeness (QED) is 0.0768. The summed E-state index contributed by atoms with van der Waals surface area (Å²) in [7, 11) is 0. The number of hydrogen-bond donors (Lipinski definition) is 0. The van der Waals surface area contributed by atoms with Crippen LogP contribution in [0.25, 0.3) is 108 Å². The summed E-state index contributed by atoms with van der Waals surface area (Å²) < 4.78 is 0. The van der Waals surface area contributed by atoms with Crippen LogP contribution in [-0.2, 0) is 30.5 Å². The molecule has 11 aromatic rings. The van der Waals surface area contributed by atoms with Crippen molar-refractivity contribution in [2.75, 3.05) is 0 Å². The monoisotopic (exact) mass is 728 g/mol. The van der Waals surface area contributed by atoms with E-state index < -0.39 is 10.5 Å². The molecule has 2 nitrogen and oxygen atoms in total. The first-order valence-corrected chi connectivity index (χ1v) is 19.4. The Hall–Kier alpha value is -5.80. The van der Waals surface area contributed by atoms with Crippen LogP contribution in [-0.4, -0.2) is 10.5 Å². The lowest BCUT2D eigenvalue weighted by Crippen LogP contribution is -2.11. The minimum Gasteiger partial charge on any atom is -0.276 e. The molecule has 0 amide bonds. The molecule has 0 unspecified atom stereocenters. The predicted molar refractivity (Wildman–Crippen MR) is 228 cm³/mol. The van der Waals surface area contributed by atoms with Gasteiger partial charge in [0.1, 0.15) is 0 Å². The third-order valence-corrected chi connectivity index (χ3v) is 13.6. The lowest BCUT2D eigenvalue weighted by Gasteiger charge is -2.31. The van der Waals surface area contributed by atoms with Crippen LogP contribution < -0.4 is 0 Å². The van der Waals surface area contributed by atoms with E-state index in [4.69, 9.17) is 23.2 Å². The summed E-state index contributed by atoms with van der Waals surface area (Å²) in [6.07, 6.45) is 9.51. The van der Waals surface area contributed by atoms with Gasteiger partial charge in [0.05, 0.1) is 0 Å². The molecule has 0 aromatic heterocycles. The molecule has 54 heavy (non-hydrogen) atoms. The topological polar surface area (TPSA) is 34.1 Å². The molecule has 0 saturated carbocycles. The number of carbonyl (C=O) groups excluding carboxylic acids is 2. The Balaban J connectivity index is 1.50. The van der Waals surface area contributed by atoms with Gasteiger partial charge in [0, 0.05) is 17.6 Å². The van der Waals surface area contributed by atoms with Crippen molar-refractivity contribution in [2.45, 2.75) is 25.7 Å². The fourth-order valence-corrected chi connectivity index (χ4v) is 11.5. The highest BCUT2D eigenvalue weighted by Gasteiger charge is 2.33. The van der Waals surface area contributed by atoms with Crippen molar-refractivity contribution in [1.29, 1.82) is 0 Å². The van der Waals surface area contributed by atoms with Gasteiger partial charge in [-0.1, -0.05) is 97.1 Å². The van der Waals surface area contributed by atoms with Crippen molar-refractivity contribution in [3.8, 4) is 0 Å². The molecule has 0 radical (unpaired) electrons. The largest absolute Gasteiger partial charge is 0.276 e. The Morgan fingerprint density at radius 2 is 0.778 bits per heavy atom. The average Bonchev–Trinajstić information content (AvgIpc) is 3.21. The molecule has 0 heterocycles. The Morgan fingerprint density at radius 1 is 0.389 bits per heavy atom. The lowest BCUT2D eigenvalue weighted by molar-refractivity contribution is -0.108. The summed E-state index contributed by atoms with van der Waals surface area (Å²) in [6.45, 7) is 0. The van der Waals surface area contributed by atoms with E-state index in [1.165, 1.54) is 108 Å². The van der Waals surface area contributed by atoms with Crippen LogP contribution in [0.15, 0.2) is 115 Å². The number of fused-ring (bicyclic) bond motifs is 18. The number of rotatable bonds is 2. The van der Waals surface area contributed by atoms with Crippen molar-refractivity contribution < 1.29 is 9.59 Å². The fourth-order valence-electron chi connectivity index (χ4n) is 11.2. The molecule has 0 N–H and O–H groups in total. The van der Waals surface area contributed by atoms with Crippen LogP contribution in [0.5, 0.6) is 0 Å². The maximum absolute atomic E-state index is 12.9. The maximum Gasteiger partial charge on any atom is 0.252 e. The van der Waals surface area contributed by atoms with Crippen molar-refractivity contribution in [3.05, 3.63) is 143 Å². The third kappa shape index (κ3) is 3.34. The number of allylic oxidation sites excluding steroid dienone is 4. The van der Waals surface area contributed by atoms with Gasteiger partial charge in [0.15, 0.2) is 0 Å². The third-order valence-electron chi connectivity index (χ3n) is 13.1. The number of carbonyl (C=O) groups is 2. The molecular formula is C50H26Cl2O2. The maximum atomic E-state index is 12.9. The highest BCUT2D eigenvalue weighted by Crippen LogP contribution is 2.59. The second-order valence-electron chi connectivity index (χ2n) is 15.3. The van der Waals surface area contributed by atoms with Crippen molar-refractivity contribution >= 4 is 141 Å². The Labute approximate surface area is 317 Å². The van der Waals surface area contributed by atoms with Gasteiger partial charge in [-0.25, -0.2) is 0 Å². The van der Waals surface area contributed by atoms with E-state index >= 15 is 0 Å². The molecule has 0 fully saturated rings. The van der Waals surface area contributed by atoms with Gasteiger partial charge in [0.25, 0.3) is 5.24 Å². The summed E-state index contributed by atoms with van der Waals surface area (Å²) in [5.74, 6) is 0. The first kappa shape index (κ1) is 29.6. The summed E-state index contributed by atoms with van der Waals surface area (Å²) in [5.41, 5.74) is 6.35. The van der Waals surface area contributed by atoms with Crippen LogP contribution in [0.1, 0.15) is 32.6 Å². The predicted octanol–water partition coefficient (Wildman–Crippen LogP) is 13.4. The van der Waals surface area contributed by atoms with E-state index in [-0.39, 0.29) is 0 Å². The zero-order valence-corrected chi connectivity index (χ0v) is 30.3. The smallest absolute Gasteiger partial charge is 0.252 e. The Morgan fingerprint density at radius 3 is 1.24 bits per heavy atom. The summed E-state index contributed by atoms with van der Waals surface area (Å²) in [4.78, 5) is 25.8. The molecule has 252 valence electrons. The van der Waals surface area contributed by atoms with Gasteiger partial charge < -0.3 is 0 Å². The molecule has 0 bridgehead atoms. The zero-order chi connectivity index (χ0) is 35.7. The van der Waals surface area contributed by atoms with Gasteiger partial charge in [0.2, 0.25) is 5.24 Å². The number of hydrogen-bond acceptors (Lipinski definition) is 2. The molecule has 4 heteroatoms. The summed E-state index contributed by atoms with van der Waals surface area (Å²) in [6, 6.07) is 32.8. The molecule has 0 saturated heterocycles. The van der Waals surface area contributed by atoms with Crippen LogP contribution in [0.4, 0.5) is 0 Å².